The molecule has 1 fully saturated rings. The van der Waals surface area contributed by atoms with Crippen molar-refractivity contribution in [2.75, 3.05) is 0 Å². The van der Waals surface area contributed by atoms with E-state index in [0.717, 1.165) is 19.3 Å². The molecule has 1 aliphatic rings. The van der Waals surface area contributed by atoms with Gasteiger partial charge in [0.1, 0.15) is 0 Å². The zero-order valence-corrected chi connectivity index (χ0v) is 11.7. The first kappa shape index (κ1) is 14.2. The summed E-state index contributed by atoms with van der Waals surface area (Å²) in [6.07, 6.45) is 2.05. The van der Waals surface area contributed by atoms with Gasteiger partial charge in [0.15, 0.2) is 5.75 Å². The number of phenols is 1. The number of nitro benzene ring substituents is 1. The highest BCUT2D eigenvalue weighted by molar-refractivity contribution is 9.10. The van der Waals surface area contributed by atoms with E-state index >= 15 is 0 Å². The Labute approximate surface area is 118 Å². The van der Waals surface area contributed by atoms with Crippen LogP contribution in [0.4, 0.5) is 5.69 Å². The van der Waals surface area contributed by atoms with Crippen molar-refractivity contribution in [3.8, 4) is 5.75 Å². The van der Waals surface area contributed by atoms with Crippen molar-refractivity contribution in [1.82, 2.24) is 0 Å². The Kier molecular flexibility index (Phi) is 4.07. The third-order valence-corrected chi connectivity index (χ3v) is 4.10. The summed E-state index contributed by atoms with van der Waals surface area (Å²) in [6, 6.07) is 1.89. The van der Waals surface area contributed by atoms with Gasteiger partial charge in [-0.25, -0.2) is 0 Å². The second-order valence-corrected chi connectivity index (χ2v) is 5.74. The van der Waals surface area contributed by atoms with E-state index in [1.54, 1.807) is 0 Å². The fourth-order valence-corrected chi connectivity index (χ4v) is 2.72. The molecular formula is C12H15BrN2O4. The summed E-state index contributed by atoms with van der Waals surface area (Å²) < 4.78 is 0.447. The number of aliphatic hydroxyl groups is 1. The van der Waals surface area contributed by atoms with Gasteiger partial charge in [-0.2, -0.15) is 0 Å². The van der Waals surface area contributed by atoms with E-state index in [1.165, 1.54) is 12.1 Å². The SMILES string of the molecule is N[C@@H](c1cc(Br)cc([N+](=O)[O-])c1O)[C@H](O)C1CCC1. The average molecular weight is 331 g/mol. The Hall–Kier alpha value is -1.18. The summed E-state index contributed by atoms with van der Waals surface area (Å²) in [5.41, 5.74) is 5.71. The predicted molar refractivity (Wildman–Crippen MR) is 72.7 cm³/mol. The number of phenolic OH excluding ortho intramolecular Hbond substituents is 1. The van der Waals surface area contributed by atoms with Gasteiger partial charge in [0, 0.05) is 16.1 Å². The molecule has 0 saturated heterocycles. The van der Waals surface area contributed by atoms with E-state index in [4.69, 9.17) is 5.73 Å². The summed E-state index contributed by atoms with van der Waals surface area (Å²) in [6.45, 7) is 0. The molecule has 6 nitrogen and oxygen atoms in total. The highest BCUT2D eigenvalue weighted by Gasteiger charge is 2.33. The highest BCUT2D eigenvalue weighted by atomic mass is 79.9. The van der Waals surface area contributed by atoms with Crippen LogP contribution in [0.15, 0.2) is 16.6 Å². The van der Waals surface area contributed by atoms with Gasteiger partial charge in [-0.3, -0.25) is 10.1 Å². The lowest BCUT2D eigenvalue weighted by atomic mass is 9.77. The summed E-state index contributed by atoms with van der Waals surface area (Å²) in [7, 11) is 0. The number of hydrogen-bond acceptors (Lipinski definition) is 5. The van der Waals surface area contributed by atoms with Crippen LogP contribution in [-0.2, 0) is 0 Å². The van der Waals surface area contributed by atoms with Crippen LogP contribution in [-0.4, -0.2) is 21.2 Å². The van der Waals surface area contributed by atoms with Gasteiger partial charge in [-0.15, -0.1) is 0 Å². The Morgan fingerprint density at radius 2 is 2.11 bits per heavy atom. The number of aromatic hydroxyl groups is 1. The Balaban J connectivity index is 2.35. The van der Waals surface area contributed by atoms with Crippen molar-refractivity contribution < 1.29 is 15.1 Å². The van der Waals surface area contributed by atoms with Crippen LogP contribution in [0.3, 0.4) is 0 Å². The molecule has 1 saturated carbocycles. The zero-order chi connectivity index (χ0) is 14.2. The van der Waals surface area contributed by atoms with Gasteiger partial charge in [0.05, 0.1) is 17.1 Å². The molecule has 104 valence electrons. The van der Waals surface area contributed by atoms with E-state index in [0.29, 0.717) is 4.47 Å². The van der Waals surface area contributed by atoms with E-state index in [-0.39, 0.29) is 11.5 Å². The lowest BCUT2D eigenvalue weighted by Crippen LogP contribution is -2.36. The van der Waals surface area contributed by atoms with E-state index in [1.807, 2.05) is 0 Å². The van der Waals surface area contributed by atoms with Gasteiger partial charge >= 0.3 is 5.69 Å². The van der Waals surface area contributed by atoms with E-state index < -0.39 is 28.5 Å². The van der Waals surface area contributed by atoms with Gasteiger partial charge in [0.25, 0.3) is 0 Å². The van der Waals surface area contributed by atoms with Crippen molar-refractivity contribution in [3.63, 3.8) is 0 Å². The summed E-state index contributed by atoms with van der Waals surface area (Å²) in [4.78, 5) is 10.2. The number of benzene rings is 1. The minimum absolute atomic E-state index is 0.104. The Morgan fingerprint density at radius 1 is 1.47 bits per heavy atom. The number of aliphatic hydroxyl groups excluding tert-OH is 1. The van der Waals surface area contributed by atoms with Crippen molar-refractivity contribution >= 4 is 21.6 Å². The summed E-state index contributed by atoms with van der Waals surface area (Å²) in [5, 5.41) is 30.9. The maximum absolute atomic E-state index is 10.8. The largest absolute Gasteiger partial charge is 0.502 e. The molecule has 0 unspecified atom stereocenters. The number of rotatable bonds is 4. The summed E-state index contributed by atoms with van der Waals surface area (Å²) in [5.74, 6) is -0.369. The topological polar surface area (TPSA) is 110 Å². The van der Waals surface area contributed by atoms with E-state index in [2.05, 4.69) is 15.9 Å². The van der Waals surface area contributed by atoms with Crippen molar-refractivity contribution in [1.29, 1.82) is 0 Å². The molecular weight excluding hydrogens is 316 g/mol. The first-order valence-electron chi connectivity index (χ1n) is 6.02. The molecule has 0 aliphatic heterocycles. The van der Waals surface area contributed by atoms with Gasteiger partial charge in [-0.05, 0) is 24.8 Å². The molecule has 1 aromatic carbocycles. The molecule has 4 N–H and O–H groups in total. The number of nitrogens with zero attached hydrogens (tertiary/aromatic N) is 1. The van der Waals surface area contributed by atoms with Crippen LogP contribution in [0.2, 0.25) is 0 Å². The molecule has 0 bridgehead atoms. The van der Waals surface area contributed by atoms with Crippen molar-refractivity contribution in [3.05, 3.63) is 32.3 Å². The monoisotopic (exact) mass is 330 g/mol. The third kappa shape index (κ3) is 2.72. The molecule has 2 atom stereocenters. The van der Waals surface area contributed by atoms with Crippen LogP contribution < -0.4 is 5.73 Å². The summed E-state index contributed by atoms with van der Waals surface area (Å²) >= 11 is 3.15. The highest BCUT2D eigenvalue weighted by Crippen LogP contribution is 2.40. The lowest BCUT2D eigenvalue weighted by Gasteiger charge is -2.33. The molecule has 1 aromatic rings. The first-order chi connectivity index (χ1) is 8.91. The lowest BCUT2D eigenvalue weighted by molar-refractivity contribution is -0.386. The fourth-order valence-electron chi connectivity index (χ4n) is 2.26. The van der Waals surface area contributed by atoms with Crippen LogP contribution in [0.5, 0.6) is 5.75 Å². The van der Waals surface area contributed by atoms with Gasteiger partial charge in [-0.1, -0.05) is 22.4 Å². The van der Waals surface area contributed by atoms with Gasteiger partial charge in [0.2, 0.25) is 0 Å². The van der Waals surface area contributed by atoms with Crippen molar-refractivity contribution in [2.45, 2.75) is 31.4 Å². The maximum Gasteiger partial charge on any atom is 0.312 e. The molecule has 0 radical (unpaired) electrons. The smallest absolute Gasteiger partial charge is 0.312 e. The molecule has 0 heterocycles. The molecule has 2 rings (SSSR count). The first-order valence-corrected chi connectivity index (χ1v) is 6.81. The molecule has 1 aliphatic carbocycles. The van der Waals surface area contributed by atoms with Crippen LogP contribution in [0, 0.1) is 16.0 Å². The predicted octanol–water partition coefficient (Wildman–Crippen LogP) is 2.22. The van der Waals surface area contributed by atoms with Crippen molar-refractivity contribution in [2.24, 2.45) is 11.7 Å². The van der Waals surface area contributed by atoms with Crippen LogP contribution in [0.25, 0.3) is 0 Å². The molecule has 19 heavy (non-hydrogen) atoms. The van der Waals surface area contributed by atoms with Gasteiger partial charge < -0.3 is 15.9 Å². The second-order valence-electron chi connectivity index (χ2n) is 4.83. The van der Waals surface area contributed by atoms with Crippen LogP contribution in [0.1, 0.15) is 30.9 Å². The molecule has 0 spiro atoms. The minimum atomic E-state index is -0.832. The second kappa shape index (κ2) is 5.44. The fraction of sp³-hybridized carbons (Fsp3) is 0.500. The number of hydrogen-bond donors (Lipinski definition) is 3. The molecule has 7 heteroatoms. The maximum atomic E-state index is 10.8. The minimum Gasteiger partial charge on any atom is -0.502 e. The number of halogens is 1. The zero-order valence-electron chi connectivity index (χ0n) is 10.1. The Bertz CT molecular complexity index is 505. The molecule has 0 amide bonds. The van der Waals surface area contributed by atoms with Crippen LogP contribution >= 0.6 is 15.9 Å². The number of nitro groups is 1. The third-order valence-electron chi connectivity index (χ3n) is 3.64. The normalized spacial score (nSPS) is 18.7. The Morgan fingerprint density at radius 3 is 2.58 bits per heavy atom. The quantitative estimate of drug-likeness (QED) is 0.579. The number of nitrogens with two attached hydrogens (primary N) is 1. The molecule has 0 aromatic heterocycles. The standard InChI is InChI=1S/C12H15BrN2O4/c13-7-4-8(12(17)9(5-7)15(18)19)10(14)11(16)6-2-1-3-6/h4-6,10-11,16-17H,1-3,14H2/t10-,11+/m0/s1. The van der Waals surface area contributed by atoms with E-state index in [9.17, 15) is 20.3 Å². The average Bonchev–Trinajstić information content (AvgIpc) is 2.28.